The van der Waals surface area contributed by atoms with E-state index < -0.39 is 11.6 Å². The zero-order valence-corrected chi connectivity index (χ0v) is 13.3. The lowest BCUT2D eigenvalue weighted by atomic mass is 10.1. The molecule has 0 unspecified atom stereocenters. The quantitative estimate of drug-likeness (QED) is 0.507. The number of benzene rings is 3. The molecule has 0 fully saturated rings. The number of rotatable bonds is 6. The van der Waals surface area contributed by atoms with Gasteiger partial charge in [0.25, 0.3) is 0 Å². The normalized spacial score (nSPS) is 10.8. The third-order valence-electron chi connectivity index (χ3n) is 3.45. The molecule has 0 saturated heterocycles. The molecule has 0 saturated carbocycles. The van der Waals surface area contributed by atoms with E-state index in [-0.39, 0.29) is 12.4 Å². The van der Waals surface area contributed by atoms with Gasteiger partial charge in [-0.3, -0.25) is 5.43 Å². The van der Waals surface area contributed by atoms with Gasteiger partial charge in [-0.2, -0.15) is 5.10 Å². The van der Waals surface area contributed by atoms with Crippen LogP contribution in [0.4, 0.5) is 14.5 Å². The van der Waals surface area contributed by atoms with Crippen molar-refractivity contribution in [3.8, 4) is 5.75 Å². The van der Waals surface area contributed by atoms with E-state index in [4.69, 9.17) is 4.74 Å². The van der Waals surface area contributed by atoms with E-state index in [0.717, 1.165) is 35.0 Å². The van der Waals surface area contributed by atoms with E-state index in [2.05, 4.69) is 10.5 Å². The van der Waals surface area contributed by atoms with E-state index in [1.54, 1.807) is 6.21 Å². The van der Waals surface area contributed by atoms with E-state index in [1.165, 1.54) is 0 Å². The Morgan fingerprint density at radius 2 is 1.68 bits per heavy atom. The molecule has 0 bridgehead atoms. The highest BCUT2D eigenvalue weighted by Crippen LogP contribution is 2.19. The third kappa shape index (κ3) is 4.88. The summed E-state index contributed by atoms with van der Waals surface area (Å²) in [5.41, 5.74) is 5.59. The van der Waals surface area contributed by atoms with Crippen molar-refractivity contribution in [2.24, 2.45) is 5.10 Å². The molecule has 0 aliphatic carbocycles. The highest BCUT2D eigenvalue weighted by Gasteiger charge is 2.05. The van der Waals surface area contributed by atoms with Crippen molar-refractivity contribution in [3.63, 3.8) is 0 Å². The minimum atomic E-state index is -0.586. The van der Waals surface area contributed by atoms with Gasteiger partial charge in [-0.1, -0.05) is 42.5 Å². The number of hydrazone groups is 1. The molecular formula is C20H16F2N2O. The molecule has 0 atom stereocenters. The van der Waals surface area contributed by atoms with E-state index in [9.17, 15) is 8.78 Å². The molecule has 3 nitrogen and oxygen atoms in total. The minimum absolute atomic E-state index is 0.0994. The Bertz CT molecular complexity index is 849. The van der Waals surface area contributed by atoms with Crippen LogP contribution in [0.15, 0.2) is 77.9 Å². The maximum Gasteiger partial charge on any atom is 0.165 e. The van der Waals surface area contributed by atoms with Gasteiger partial charge in [0.2, 0.25) is 0 Å². The summed E-state index contributed by atoms with van der Waals surface area (Å²) < 4.78 is 31.9. The molecule has 0 aromatic heterocycles. The van der Waals surface area contributed by atoms with Crippen LogP contribution < -0.4 is 10.2 Å². The van der Waals surface area contributed by atoms with Crippen LogP contribution in [0.1, 0.15) is 11.1 Å². The summed E-state index contributed by atoms with van der Waals surface area (Å²) in [4.78, 5) is 0. The maximum absolute atomic E-state index is 13.5. The average Bonchev–Trinajstić information content (AvgIpc) is 2.64. The van der Waals surface area contributed by atoms with Gasteiger partial charge in [-0.15, -0.1) is 0 Å². The van der Waals surface area contributed by atoms with Crippen molar-refractivity contribution in [1.82, 2.24) is 0 Å². The first kappa shape index (κ1) is 16.6. The lowest BCUT2D eigenvalue weighted by molar-refractivity contribution is 0.288. The van der Waals surface area contributed by atoms with Crippen LogP contribution in [-0.2, 0) is 6.61 Å². The second kappa shape index (κ2) is 8.06. The van der Waals surface area contributed by atoms with Crippen LogP contribution in [0.5, 0.6) is 5.75 Å². The van der Waals surface area contributed by atoms with Crippen LogP contribution in [-0.4, -0.2) is 6.21 Å². The fraction of sp³-hybridized carbons (Fsp3) is 0.0500. The lowest BCUT2D eigenvalue weighted by Crippen LogP contribution is -1.98. The summed E-state index contributed by atoms with van der Waals surface area (Å²) in [6.07, 6.45) is 1.70. The predicted octanol–water partition coefficient (Wildman–Crippen LogP) is 4.99. The number of hydrogen-bond acceptors (Lipinski definition) is 3. The first-order valence-electron chi connectivity index (χ1n) is 7.71. The average molecular weight is 338 g/mol. The Morgan fingerprint density at radius 1 is 0.920 bits per heavy atom. The molecule has 0 spiro atoms. The molecule has 0 amide bonds. The molecule has 3 aromatic carbocycles. The molecular weight excluding hydrogens is 322 g/mol. The number of nitrogens with zero attached hydrogens (tertiary/aromatic N) is 1. The van der Waals surface area contributed by atoms with Gasteiger partial charge in [0.05, 0.1) is 11.9 Å². The number of hydrogen-bond donors (Lipinski definition) is 1. The van der Waals surface area contributed by atoms with Crippen LogP contribution >= 0.6 is 0 Å². The van der Waals surface area contributed by atoms with Crippen molar-refractivity contribution in [3.05, 3.63) is 95.6 Å². The topological polar surface area (TPSA) is 33.6 Å². The second-order valence-corrected chi connectivity index (χ2v) is 5.34. The number of para-hydroxylation sites is 1. The fourth-order valence-corrected chi connectivity index (χ4v) is 2.14. The first-order chi connectivity index (χ1) is 12.2. The Hall–Kier alpha value is -3.21. The van der Waals surface area contributed by atoms with Crippen LogP contribution in [0.2, 0.25) is 0 Å². The van der Waals surface area contributed by atoms with E-state index in [0.29, 0.717) is 0 Å². The Labute approximate surface area is 144 Å². The molecule has 1 N–H and O–H groups in total. The standard InChI is InChI=1S/C20H16F2N2O/c21-17-10-11-19(22)20(12-17)25-14-16-8-6-15(7-9-16)13-23-24-18-4-2-1-3-5-18/h1-13,24H,14H2. The Morgan fingerprint density at radius 3 is 2.44 bits per heavy atom. The first-order valence-corrected chi connectivity index (χ1v) is 7.71. The smallest absolute Gasteiger partial charge is 0.165 e. The van der Waals surface area contributed by atoms with Gasteiger partial charge in [0, 0.05) is 6.07 Å². The van der Waals surface area contributed by atoms with Crippen molar-refractivity contribution < 1.29 is 13.5 Å². The molecule has 126 valence electrons. The lowest BCUT2D eigenvalue weighted by Gasteiger charge is -2.07. The third-order valence-corrected chi connectivity index (χ3v) is 3.45. The summed E-state index contributed by atoms with van der Waals surface area (Å²) in [6.45, 7) is 0.153. The number of anilines is 1. The van der Waals surface area contributed by atoms with E-state index >= 15 is 0 Å². The second-order valence-electron chi connectivity index (χ2n) is 5.34. The fourth-order valence-electron chi connectivity index (χ4n) is 2.14. The van der Waals surface area contributed by atoms with Gasteiger partial charge in [0.15, 0.2) is 11.6 Å². The summed E-state index contributed by atoms with van der Waals surface area (Å²) in [5, 5.41) is 4.16. The Balaban J connectivity index is 1.56. The molecule has 0 heterocycles. The summed E-state index contributed by atoms with van der Waals surface area (Å²) in [5.74, 6) is -1.22. The SMILES string of the molecule is Fc1ccc(F)c(OCc2ccc(C=NNc3ccccc3)cc2)c1. The predicted molar refractivity (Wildman–Crippen MR) is 94.8 cm³/mol. The van der Waals surface area contributed by atoms with Crippen LogP contribution in [0, 0.1) is 11.6 Å². The molecule has 25 heavy (non-hydrogen) atoms. The highest BCUT2D eigenvalue weighted by molar-refractivity contribution is 5.80. The van der Waals surface area contributed by atoms with Crippen LogP contribution in [0.3, 0.4) is 0 Å². The van der Waals surface area contributed by atoms with Gasteiger partial charge in [-0.05, 0) is 35.4 Å². The van der Waals surface area contributed by atoms with Crippen molar-refractivity contribution >= 4 is 11.9 Å². The molecule has 3 aromatic rings. The summed E-state index contributed by atoms with van der Waals surface area (Å²) >= 11 is 0. The molecule has 0 aliphatic rings. The number of halogens is 2. The van der Waals surface area contributed by atoms with Gasteiger partial charge in [0.1, 0.15) is 12.4 Å². The largest absolute Gasteiger partial charge is 0.486 e. The minimum Gasteiger partial charge on any atom is -0.486 e. The van der Waals surface area contributed by atoms with E-state index in [1.807, 2.05) is 54.6 Å². The van der Waals surface area contributed by atoms with Crippen LogP contribution in [0.25, 0.3) is 0 Å². The number of ether oxygens (including phenoxy) is 1. The molecule has 0 aliphatic heterocycles. The monoisotopic (exact) mass is 338 g/mol. The molecule has 0 radical (unpaired) electrons. The molecule has 3 rings (SSSR count). The van der Waals surface area contributed by atoms with Gasteiger partial charge >= 0.3 is 0 Å². The van der Waals surface area contributed by atoms with Crippen molar-refractivity contribution in [2.45, 2.75) is 6.61 Å². The zero-order chi connectivity index (χ0) is 17.5. The van der Waals surface area contributed by atoms with Gasteiger partial charge < -0.3 is 4.74 Å². The zero-order valence-electron chi connectivity index (χ0n) is 13.3. The van der Waals surface area contributed by atoms with Gasteiger partial charge in [-0.25, -0.2) is 8.78 Å². The highest BCUT2D eigenvalue weighted by atomic mass is 19.1. The number of nitrogens with one attached hydrogen (secondary N) is 1. The summed E-state index contributed by atoms with van der Waals surface area (Å²) in [7, 11) is 0. The van der Waals surface area contributed by atoms with Crippen molar-refractivity contribution in [1.29, 1.82) is 0 Å². The summed E-state index contributed by atoms with van der Waals surface area (Å²) in [6, 6.07) is 20.2. The maximum atomic E-state index is 13.5. The Kier molecular flexibility index (Phi) is 5.36. The van der Waals surface area contributed by atoms with Crippen molar-refractivity contribution in [2.75, 3.05) is 5.43 Å². The molecule has 5 heteroatoms.